The van der Waals surface area contributed by atoms with E-state index in [0.717, 1.165) is 5.76 Å². The Morgan fingerprint density at radius 1 is 1.53 bits per heavy atom. The molecule has 5 heteroatoms. The maximum atomic E-state index is 13.3. The second-order valence-electron chi connectivity index (χ2n) is 3.27. The summed E-state index contributed by atoms with van der Waals surface area (Å²) in [7, 11) is 1.57. The summed E-state index contributed by atoms with van der Waals surface area (Å²) in [6, 6.07) is 3.69. The number of rotatable bonds is 4. The Hall–Kier alpha value is -1.62. The van der Waals surface area contributed by atoms with Crippen LogP contribution in [0.2, 0.25) is 0 Å². The fraction of sp³-hybridized carbons (Fsp3) is 0.300. The van der Waals surface area contributed by atoms with Gasteiger partial charge in [-0.1, -0.05) is 0 Å². The Morgan fingerprint density at radius 2 is 2.40 bits per heavy atom. The first kappa shape index (κ1) is 9.92. The summed E-state index contributed by atoms with van der Waals surface area (Å²) >= 11 is 0. The lowest BCUT2D eigenvalue weighted by atomic mass is 10.3. The fourth-order valence-corrected chi connectivity index (χ4v) is 1.32. The van der Waals surface area contributed by atoms with Crippen LogP contribution in [0.5, 0.6) is 0 Å². The highest BCUT2D eigenvalue weighted by molar-refractivity contribution is 5.06. The summed E-state index contributed by atoms with van der Waals surface area (Å²) in [4.78, 5) is 0. The molecular weight excluding hydrogens is 197 g/mol. The summed E-state index contributed by atoms with van der Waals surface area (Å²) in [5.74, 6) is 0.529. The highest BCUT2D eigenvalue weighted by Crippen LogP contribution is 2.05. The second-order valence-corrected chi connectivity index (χ2v) is 3.27. The number of aryl methyl sites for hydroxylation is 1. The number of furan rings is 1. The average molecular weight is 209 g/mol. The molecule has 0 saturated carbocycles. The molecule has 0 saturated heterocycles. The molecule has 0 fully saturated rings. The predicted octanol–water partition coefficient (Wildman–Crippen LogP) is 1.44. The third-order valence-corrected chi connectivity index (χ3v) is 2.13. The van der Waals surface area contributed by atoms with Crippen molar-refractivity contribution < 1.29 is 8.81 Å². The van der Waals surface area contributed by atoms with Crippen LogP contribution in [0.15, 0.2) is 29.0 Å². The van der Waals surface area contributed by atoms with Gasteiger partial charge in [-0.15, -0.1) is 0 Å². The average Bonchev–Trinajstić information content (AvgIpc) is 2.83. The zero-order chi connectivity index (χ0) is 10.7. The molecule has 2 heterocycles. The van der Waals surface area contributed by atoms with Gasteiger partial charge in [0.15, 0.2) is 0 Å². The van der Waals surface area contributed by atoms with Crippen molar-refractivity contribution in [3.63, 3.8) is 0 Å². The topological polar surface area (TPSA) is 43.0 Å². The minimum atomic E-state index is -0.304. The summed E-state index contributed by atoms with van der Waals surface area (Å²) in [5.41, 5.74) is 0.559. The Labute approximate surface area is 86.7 Å². The standard InChI is InChI=1S/C10H12FN3O/c1-14-10(11)8(6-13-14)5-12-7-9-3-2-4-15-9/h2-4,6,12H,5,7H2,1H3. The molecular formula is C10H12FN3O. The van der Waals surface area contributed by atoms with Gasteiger partial charge in [0.2, 0.25) is 5.95 Å². The summed E-state index contributed by atoms with van der Waals surface area (Å²) in [6.45, 7) is 1.03. The highest BCUT2D eigenvalue weighted by Gasteiger charge is 2.06. The fourth-order valence-electron chi connectivity index (χ4n) is 1.32. The minimum absolute atomic E-state index is 0.304. The van der Waals surface area contributed by atoms with Gasteiger partial charge in [0.25, 0.3) is 0 Å². The van der Waals surface area contributed by atoms with Crippen molar-refractivity contribution in [1.82, 2.24) is 15.1 Å². The zero-order valence-corrected chi connectivity index (χ0v) is 8.40. The lowest BCUT2D eigenvalue weighted by Gasteiger charge is -2.00. The highest BCUT2D eigenvalue weighted by atomic mass is 19.1. The Balaban J connectivity index is 1.86. The Bertz CT molecular complexity index is 422. The molecule has 2 rings (SSSR count). The number of nitrogens with one attached hydrogen (secondary N) is 1. The van der Waals surface area contributed by atoms with Crippen molar-refractivity contribution in [3.8, 4) is 0 Å². The molecule has 80 valence electrons. The van der Waals surface area contributed by atoms with Crippen molar-refractivity contribution in [2.75, 3.05) is 0 Å². The van der Waals surface area contributed by atoms with E-state index in [4.69, 9.17) is 4.42 Å². The molecule has 0 aromatic carbocycles. The van der Waals surface area contributed by atoms with Crippen molar-refractivity contribution in [1.29, 1.82) is 0 Å². The van der Waals surface area contributed by atoms with Crippen molar-refractivity contribution in [3.05, 3.63) is 41.9 Å². The molecule has 0 bridgehead atoms. The smallest absolute Gasteiger partial charge is 0.215 e. The van der Waals surface area contributed by atoms with Crippen LogP contribution in [0.3, 0.4) is 0 Å². The third-order valence-electron chi connectivity index (χ3n) is 2.13. The van der Waals surface area contributed by atoms with E-state index in [-0.39, 0.29) is 5.95 Å². The van der Waals surface area contributed by atoms with Crippen LogP contribution in [0.25, 0.3) is 0 Å². The van der Waals surface area contributed by atoms with Crippen LogP contribution in [-0.4, -0.2) is 9.78 Å². The number of nitrogens with zero attached hydrogens (tertiary/aromatic N) is 2. The molecule has 0 spiro atoms. The second kappa shape index (κ2) is 4.27. The number of halogens is 1. The molecule has 0 aliphatic heterocycles. The van der Waals surface area contributed by atoms with Crippen LogP contribution in [0, 0.1) is 5.95 Å². The molecule has 0 radical (unpaired) electrons. The van der Waals surface area contributed by atoms with Gasteiger partial charge >= 0.3 is 0 Å². The summed E-state index contributed by atoms with van der Waals surface area (Å²) in [5, 5.41) is 6.88. The lowest BCUT2D eigenvalue weighted by Crippen LogP contribution is -2.13. The summed E-state index contributed by atoms with van der Waals surface area (Å²) in [6.07, 6.45) is 3.13. The molecule has 2 aromatic rings. The SMILES string of the molecule is Cn1ncc(CNCc2ccco2)c1F. The van der Waals surface area contributed by atoms with E-state index in [1.54, 1.807) is 13.3 Å². The maximum Gasteiger partial charge on any atom is 0.215 e. The molecule has 4 nitrogen and oxygen atoms in total. The third kappa shape index (κ3) is 2.24. The van der Waals surface area contributed by atoms with E-state index in [1.165, 1.54) is 10.9 Å². The quantitative estimate of drug-likeness (QED) is 0.828. The predicted molar refractivity (Wildman–Crippen MR) is 52.4 cm³/mol. The maximum absolute atomic E-state index is 13.3. The molecule has 2 aromatic heterocycles. The van der Waals surface area contributed by atoms with Crippen LogP contribution >= 0.6 is 0 Å². The first-order chi connectivity index (χ1) is 7.27. The summed E-state index contributed by atoms with van der Waals surface area (Å²) < 4.78 is 19.6. The minimum Gasteiger partial charge on any atom is -0.468 e. The molecule has 0 amide bonds. The van der Waals surface area contributed by atoms with Crippen molar-refractivity contribution in [2.24, 2.45) is 7.05 Å². The Morgan fingerprint density at radius 3 is 3.00 bits per heavy atom. The van der Waals surface area contributed by atoms with Gasteiger partial charge in [0.1, 0.15) is 5.76 Å². The number of hydrogen-bond donors (Lipinski definition) is 1. The van der Waals surface area contributed by atoms with Crippen LogP contribution in [-0.2, 0) is 20.1 Å². The van der Waals surface area contributed by atoms with E-state index in [0.29, 0.717) is 18.7 Å². The van der Waals surface area contributed by atoms with Crippen molar-refractivity contribution >= 4 is 0 Å². The van der Waals surface area contributed by atoms with Gasteiger partial charge in [-0.25, -0.2) is 4.68 Å². The molecule has 1 N–H and O–H groups in total. The van der Waals surface area contributed by atoms with Crippen LogP contribution < -0.4 is 5.32 Å². The Kier molecular flexibility index (Phi) is 2.82. The van der Waals surface area contributed by atoms with E-state index >= 15 is 0 Å². The van der Waals surface area contributed by atoms with E-state index in [9.17, 15) is 4.39 Å². The van der Waals surface area contributed by atoms with E-state index < -0.39 is 0 Å². The van der Waals surface area contributed by atoms with Gasteiger partial charge < -0.3 is 9.73 Å². The van der Waals surface area contributed by atoms with Crippen LogP contribution in [0.1, 0.15) is 11.3 Å². The molecule has 0 aliphatic rings. The molecule has 0 aliphatic carbocycles. The first-order valence-electron chi connectivity index (χ1n) is 4.67. The number of aromatic nitrogens is 2. The monoisotopic (exact) mass is 209 g/mol. The molecule has 0 unspecified atom stereocenters. The van der Waals surface area contributed by atoms with Gasteiger partial charge in [0.05, 0.1) is 19.0 Å². The van der Waals surface area contributed by atoms with Gasteiger partial charge in [-0.05, 0) is 12.1 Å². The normalized spacial score (nSPS) is 10.8. The lowest BCUT2D eigenvalue weighted by molar-refractivity contribution is 0.469. The van der Waals surface area contributed by atoms with E-state index in [1.807, 2.05) is 12.1 Å². The first-order valence-corrected chi connectivity index (χ1v) is 4.67. The van der Waals surface area contributed by atoms with E-state index in [2.05, 4.69) is 10.4 Å². The number of hydrogen-bond acceptors (Lipinski definition) is 3. The van der Waals surface area contributed by atoms with Gasteiger partial charge in [-0.3, -0.25) is 0 Å². The van der Waals surface area contributed by atoms with Crippen molar-refractivity contribution in [2.45, 2.75) is 13.1 Å². The molecule has 15 heavy (non-hydrogen) atoms. The van der Waals surface area contributed by atoms with Gasteiger partial charge in [0, 0.05) is 19.2 Å². The zero-order valence-electron chi connectivity index (χ0n) is 8.40. The van der Waals surface area contributed by atoms with Gasteiger partial charge in [-0.2, -0.15) is 9.49 Å². The molecule has 0 atom stereocenters. The van der Waals surface area contributed by atoms with Crippen LogP contribution in [0.4, 0.5) is 4.39 Å². The largest absolute Gasteiger partial charge is 0.468 e.